The Balaban J connectivity index is 2.42. The van der Waals surface area contributed by atoms with E-state index in [2.05, 4.69) is 4.98 Å². The van der Waals surface area contributed by atoms with E-state index in [0.29, 0.717) is 0 Å². The molecule has 0 radical (unpaired) electrons. The van der Waals surface area contributed by atoms with Crippen molar-refractivity contribution >= 4 is 18.0 Å². The van der Waals surface area contributed by atoms with Crippen molar-refractivity contribution in [3.8, 4) is 0 Å². The van der Waals surface area contributed by atoms with Crippen molar-refractivity contribution in [1.82, 2.24) is 9.55 Å². The molecule has 18 heavy (non-hydrogen) atoms. The van der Waals surface area contributed by atoms with Gasteiger partial charge in [-0.1, -0.05) is 0 Å². The number of ether oxygens (including phenoxy) is 1. The molecule has 1 aromatic heterocycles. The fraction of sp³-hybridized carbons (Fsp3) is 0.600. The van der Waals surface area contributed by atoms with E-state index in [0.717, 1.165) is 0 Å². The first kappa shape index (κ1) is 13.3. The van der Waals surface area contributed by atoms with Gasteiger partial charge < -0.3 is 20.7 Å². The molecule has 0 spiro atoms. The third-order valence-electron chi connectivity index (χ3n) is 3.00. The number of aliphatic hydroxyl groups is 2. The van der Waals surface area contributed by atoms with Crippen LogP contribution in [-0.2, 0) is 4.74 Å². The van der Waals surface area contributed by atoms with Crippen LogP contribution in [0.25, 0.3) is 0 Å². The molecule has 1 aliphatic heterocycles. The van der Waals surface area contributed by atoms with Crippen molar-refractivity contribution in [3.05, 3.63) is 17.0 Å². The summed E-state index contributed by atoms with van der Waals surface area (Å²) >= 11 is 4.97. The summed E-state index contributed by atoms with van der Waals surface area (Å²) < 4.78 is 21.1. The molecule has 1 aromatic rings. The fourth-order valence-corrected chi connectivity index (χ4v) is 2.23. The predicted molar refractivity (Wildman–Crippen MR) is 64.0 cm³/mol. The summed E-state index contributed by atoms with van der Waals surface area (Å²) in [6.45, 7) is 0.711. The van der Waals surface area contributed by atoms with Crippen molar-refractivity contribution in [2.24, 2.45) is 0 Å². The van der Waals surface area contributed by atoms with Gasteiger partial charge in [0.2, 0.25) is 4.77 Å². The number of alkyl halides is 1. The summed E-state index contributed by atoms with van der Waals surface area (Å²) in [5, 5.41) is 18.8. The summed E-state index contributed by atoms with van der Waals surface area (Å²) in [6.07, 6.45) is -2.14. The second-order valence-corrected chi connectivity index (χ2v) is 4.71. The van der Waals surface area contributed by atoms with Crippen molar-refractivity contribution in [2.45, 2.75) is 31.0 Å². The molecule has 8 heteroatoms. The zero-order chi connectivity index (χ0) is 13.5. The molecule has 4 N–H and O–H groups in total. The third-order valence-corrected chi connectivity index (χ3v) is 3.30. The van der Waals surface area contributed by atoms with Crippen LogP contribution in [0.2, 0.25) is 0 Å². The maximum absolute atomic E-state index is 14.5. The predicted octanol–water partition coefficient (Wildman–Crippen LogP) is 0.174. The molecule has 0 bridgehead atoms. The van der Waals surface area contributed by atoms with E-state index in [4.69, 9.17) is 27.8 Å². The first-order valence-electron chi connectivity index (χ1n) is 5.36. The topological polar surface area (TPSA) is 93.5 Å². The van der Waals surface area contributed by atoms with Gasteiger partial charge >= 0.3 is 0 Å². The highest BCUT2D eigenvalue weighted by atomic mass is 32.1. The largest absolute Gasteiger partial charge is 0.394 e. The number of aromatic nitrogens is 2. The molecule has 0 amide bonds. The molecule has 4 atom stereocenters. The lowest BCUT2D eigenvalue weighted by molar-refractivity contribution is -0.0600. The molecule has 0 aliphatic carbocycles. The number of nitrogens with two attached hydrogens (primary N) is 1. The standard InChI is InChI=1S/C10H14FN3O3S/c1-10(11)7(16)5(4-15)17-8(10)14-3-2-6(12)13-9(14)18/h2-3,5,7-8,15-16H,4H2,1H3,(H2,12,13,18)/t5-,7?,8-,10-/m1/s1. The smallest absolute Gasteiger partial charge is 0.203 e. The molecule has 2 rings (SSSR count). The Kier molecular flexibility index (Phi) is 3.37. The Hall–Kier alpha value is -1.09. The van der Waals surface area contributed by atoms with Crippen molar-refractivity contribution < 1.29 is 19.3 Å². The van der Waals surface area contributed by atoms with E-state index in [9.17, 15) is 9.50 Å². The SMILES string of the molecule is C[C@@]1(F)C(O)[C@@H](CO)O[C@H]1n1ccc(N)nc1=S. The van der Waals surface area contributed by atoms with E-state index in [-0.39, 0.29) is 10.6 Å². The first-order valence-corrected chi connectivity index (χ1v) is 5.76. The Morgan fingerprint density at radius 2 is 2.39 bits per heavy atom. The maximum Gasteiger partial charge on any atom is 0.203 e. The molecular formula is C10H14FN3O3S. The number of halogens is 1. The van der Waals surface area contributed by atoms with Crippen LogP contribution in [0.5, 0.6) is 0 Å². The first-order chi connectivity index (χ1) is 8.37. The summed E-state index contributed by atoms with van der Waals surface area (Å²) in [5.41, 5.74) is 3.38. The van der Waals surface area contributed by atoms with Crippen LogP contribution in [0.1, 0.15) is 13.2 Å². The Morgan fingerprint density at radius 1 is 1.72 bits per heavy atom. The minimum absolute atomic E-state index is 0.0506. The Morgan fingerprint density at radius 3 is 2.89 bits per heavy atom. The molecule has 0 aromatic carbocycles. The van der Waals surface area contributed by atoms with E-state index in [1.54, 1.807) is 0 Å². The number of hydrogen-bond acceptors (Lipinski definition) is 6. The number of nitrogens with zero attached hydrogens (tertiary/aromatic N) is 2. The summed E-state index contributed by atoms with van der Waals surface area (Å²) in [5.74, 6) is 0.217. The highest BCUT2D eigenvalue weighted by molar-refractivity contribution is 7.71. The molecule has 100 valence electrons. The number of anilines is 1. The summed E-state index contributed by atoms with van der Waals surface area (Å²) in [7, 11) is 0. The van der Waals surface area contributed by atoms with Gasteiger partial charge in [0.15, 0.2) is 11.9 Å². The van der Waals surface area contributed by atoms with E-state index in [1.807, 2.05) is 0 Å². The zero-order valence-electron chi connectivity index (χ0n) is 9.65. The van der Waals surface area contributed by atoms with Crippen LogP contribution in [0.3, 0.4) is 0 Å². The van der Waals surface area contributed by atoms with Gasteiger partial charge in [0, 0.05) is 6.20 Å². The van der Waals surface area contributed by atoms with Gasteiger partial charge in [-0.25, -0.2) is 9.37 Å². The van der Waals surface area contributed by atoms with Gasteiger partial charge in [-0.3, -0.25) is 4.57 Å². The van der Waals surface area contributed by atoms with Crippen molar-refractivity contribution in [1.29, 1.82) is 0 Å². The monoisotopic (exact) mass is 275 g/mol. The van der Waals surface area contributed by atoms with Crippen molar-refractivity contribution in [2.75, 3.05) is 12.3 Å². The molecule has 2 heterocycles. The van der Waals surface area contributed by atoms with Gasteiger partial charge in [-0.05, 0) is 25.2 Å². The van der Waals surface area contributed by atoms with Gasteiger partial charge in [0.1, 0.15) is 18.0 Å². The van der Waals surface area contributed by atoms with Crippen LogP contribution >= 0.6 is 12.2 Å². The average Bonchev–Trinajstić information content (AvgIpc) is 2.52. The molecule has 0 saturated carbocycles. The van der Waals surface area contributed by atoms with Gasteiger partial charge in [-0.15, -0.1) is 0 Å². The zero-order valence-corrected chi connectivity index (χ0v) is 10.5. The quantitative estimate of drug-likeness (QED) is 0.666. The average molecular weight is 275 g/mol. The second-order valence-electron chi connectivity index (χ2n) is 4.35. The third kappa shape index (κ3) is 2.01. The van der Waals surface area contributed by atoms with Crippen LogP contribution in [0, 0.1) is 4.77 Å². The Bertz CT molecular complexity index is 507. The number of aliphatic hydroxyl groups excluding tert-OH is 2. The second kappa shape index (κ2) is 4.54. The number of hydrogen-bond donors (Lipinski definition) is 3. The van der Waals surface area contributed by atoms with Crippen molar-refractivity contribution in [3.63, 3.8) is 0 Å². The van der Waals surface area contributed by atoms with Gasteiger partial charge in [0.05, 0.1) is 6.61 Å². The summed E-state index contributed by atoms with van der Waals surface area (Å²) in [4.78, 5) is 3.82. The van der Waals surface area contributed by atoms with Crippen LogP contribution in [-0.4, -0.2) is 44.2 Å². The number of rotatable bonds is 2. The molecular weight excluding hydrogens is 261 g/mol. The van der Waals surface area contributed by atoms with Gasteiger partial charge in [-0.2, -0.15) is 0 Å². The fourth-order valence-electron chi connectivity index (χ4n) is 1.97. The lowest BCUT2D eigenvalue weighted by Crippen LogP contribution is -2.40. The Labute approximate surface area is 108 Å². The lowest BCUT2D eigenvalue weighted by Gasteiger charge is -2.25. The van der Waals surface area contributed by atoms with Crippen LogP contribution in [0.4, 0.5) is 10.2 Å². The molecule has 1 fully saturated rings. The minimum atomic E-state index is -2.08. The highest BCUT2D eigenvalue weighted by Crippen LogP contribution is 2.41. The van der Waals surface area contributed by atoms with Crippen LogP contribution < -0.4 is 5.73 Å². The lowest BCUT2D eigenvalue weighted by atomic mass is 9.99. The van der Waals surface area contributed by atoms with E-state index < -0.39 is 30.7 Å². The van der Waals surface area contributed by atoms with E-state index >= 15 is 0 Å². The van der Waals surface area contributed by atoms with Gasteiger partial charge in [0.25, 0.3) is 0 Å². The molecule has 1 saturated heterocycles. The maximum atomic E-state index is 14.5. The molecule has 6 nitrogen and oxygen atoms in total. The molecule has 1 aliphatic rings. The number of nitrogen functional groups attached to an aromatic ring is 1. The summed E-state index contributed by atoms with van der Waals surface area (Å²) in [6, 6.07) is 1.45. The normalized spacial score (nSPS) is 35.9. The van der Waals surface area contributed by atoms with E-state index in [1.165, 1.54) is 23.8 Å². The molecule has 1 unspecified atom stereocenters. The minimum Gasteiger partial charge on any atom is -0.394 e. The van der Waals surface area contributed by atoms with Crippen LogP contribution in [0.15, 0.2) is 12.3 Å². The highest BCUT2D eigenvalue weighted by Gasteiger charge is 2.54.